The maximum atomic E-state index is 11.8. The molecule has 1 aromatic rings. The Morgan fingerprint density at radius 2 is 1.88 bits per heavy atom. The van der Waals surface area contributed by atoms with Crippen LogP contribution < -0.4 is 16.4 Å². The normalized spacial score (nSPS) is 13.7. The Labute approximate surface area is 143 Å². The molecule has 0 radical (unpaired) electrons. The summed E-state index contributed by atoms with van der Waals surface area (Å²) in [4.78, 5) is 47.1. The fraction of sp³-hybridized carbons (Fsp3) is 0.333. The molecule has 0 bridgehead atoms. The van der Waals surface area contributed by atoms with Crippen molar-refractivity contribution in [3.8, 4) is 0 Å². The van der Waals surface area contributed by atoms with Gasteiger partial charge in [-0.1, -0.05) is 23.9 Å². The minimum atomic E-state index is -0.613. The smallest absolute Gasteiger partial charge is 0.282 e. The van der Waals surface area contributed by atoms with E-state index in [0.29, 0.717) is 24.4 Å². The molecule has 9 heteroatoms. The largest absolute Gasteiger partial charge is 0.368 e. The lowest BCUT2D eigenvalue weighted by molar-refractivity contribution is -0.121. The van der Waals surface area contributed by atoms with Crippen LogP contribution in [0.2, 0.25) is 0 Å². The summed E-state index contributed by atoms with van der Waals surface area (Å²) < 4.78 is 0. The van der Waals surface area contributed by atoms with Crippen molar-refractivity contribution in [1.82, 2.24) is 15.5 Å². The molecule has 4 amide bonds. The number of carbonyl (C=O) groups is 4. The Balaban J connectivity index is 1.79. The molecule has 0 saturated carbocycles. The van der Waals surface area contributed by atoms with Crippen LogP contribution in [-0.2, 0) is 16.1 Å². The van der Waals surface area contributed by atoms with Gasteiger partial charge in [0, 0.05) is 24.4 Å². The second kappa shape index (κ2) is 8.34. The number of rotatable bonds is 7. The molecular weight excluding hydrogens is 332 g/mol. The van der Waals surface area contributed by atoms with E-state index in [1.807, 2.05) is 0 Å². The average molecular weight is 350 g/mol. The van der Waals surface area contributed by atoms with Crippen LogP contribution in [0.4, 0.5) is 4.79 Å². The number of nitrogens with two attached hydrogens (primary N) is 1. The van der Waals surface area contributed by atoms with Crippen LogP contribution in [0.1, 0.15) is 15.9 Å². The van der Waals surface area contributed by atoms with Gasteiger partial charge in [0.05, 0.1) is 6.54 Å². The summed E-state index contributed by atoms with van der Waals surface area (Å²) in [7, 11) is 0. The molecule has 128 valence electrons. The van der Waals surface area contributed by atoms with E-state index in [2.05, 4.69) is 10.6 Å². The molecule has 1 aliphatic rings. The molecule has 2 rings (SSSR count). The maximum Gasteiger partial charge on any atom is 0.282 e. The predicted octanol–water partition coefficient (Wildman–Crippen LogP) is -0.313. The van der Waals surface area contributed by atoms with Crippen LogP contribution in [-0.4, -0.2) is 53.2 Å². The lowest BCUT2D eigenvalue weighted by atomic mass is 10.1. The van der Waals surface area contributed by atoms with Crippen molar-refractivity contribution >= 4 is 34.7 Å². The molecule has 1 aromatic carbocycles. The summed E-state index contributed by atoms with van der Waals surface area (Å²) in [5, 5.41) is 5.05. The van der Waals surface area contributed by atoms with Crippen LogP contribution >= 0.6 is 11.8 Å². The minimum absolute atomic E-state index is 0.0550. The molecule has 0 aliphatic carbocycles. The fourth-order valence-corrected chi connectivity index (χ4v) is 2.87. The quantitative estimate of drug-likeness (QED) is 0.622. The third-order valence-corrected chi connectivity index (χ3v) is 4.20. The molecule has 0 aromatic heterocycles. The van der Waals surface area contributed by atoms with Gasteiger partial charge < -0.3 is 21.3 Å². The van der Waals surface area contributed by atoms with Crippen molar-refractivity contribution in [2.45, 2.75) is 6.54 Å². The monoisotopic (exact) mass is 350 g/mol. The molecule has 4 N–H and O–H groups in total. The van der Waals surface area contributed by atoms with Crippen LogP contribution in [0, 0.1) is 0 Å². The van der Waals surface area contributed by atoms with Gasteiger partial charge in [-0.2, -0.15) is 0 Å². The van der Waals surface area contributed by atoms with Gasteiger partial charge in [0.1, 0.15) is 6.54 Å². The molecule has 0 atom stereocenters. The van der Waals surface area contributed by atoms with E-state index >= 15 is 0 Å². The Kier molecular flexibility index (Phi) is 6.19. The molecule has 0 spiro atoms. The third-order valence-electron chi connectivity index (χ3n) is 3.31. The zero-order valence-corrected chi connectivity index (χ0v) is 13.7. The van der Waals surface area contributed by atoms with Crippen molar-refractivity contribution < 1.29 is 19.2 Å². The van der Waals surface area contributed by atoms with Crippen molar-refractivity contribution in [1.29, 1.82) is 0 Å². The highest BCUT2D eigenvalue weighted by Gasteiger charge is 2.22. The fourth-order valence-electron chi connectivity index (χ4n) is 2.04. The molecule has 1 heterocycles. The molecule has 1 fully saturated rings. The van der Waals surface area contributed by atoms with Crippen LogP contribution in [0.15, 0.2) is 24.3 Å². The van der Waals surface area contributed by atoms with Crippen LogP contribution in [0.25, 0.3) is 0 Å². The number of nitrogens with zero attached hydrogens (tertiary/aromatic N) is 1. The van der Waals surface area contributed by atoms with Crippen molar-refractivity contribution in [2.75, 3.05) is 25.4 Å². The SMILES string of the molecule is NC(=O)CNC(=O)c1ccc(CNC(=O)CN2CCSC2=O)cc1. The molecule has 24 heavy (non-hydrogen) atoms. The Hall–Kier alpha value is -2.55. The Morgan fingerprint density at radius 3 is 2.46 bits per heavy atom. The number of nitrogens with one attached hydrogen (secondary N) is 2. The molecule has 8 nitrogen and oxygen atoms in total. The topological polar surface area (TPSA) is 122 Å². The van der Waals surface area contributed by atoms with Gasteiger partial charge >= 0.3 is 0 Å². The second-order valence-corrected chi connectivity index (χ2v) is 6.20. The maximum absolute atomic E-state index is 11.8. The first-order valence-electron chi connectivity index (χ1n) is 7.29. The summed E-state index contributed by atoms with van der Waals surface area (Å²) in [5.74, 6) is -0.521. The van der Waals surface area contributed by atoms with Gasteiger partial charge in [0.2, 0.25) is 11.8 Å². The first-order valence-corrected chi connectivity index (χ1v) is 8.28. The summed E-state index contributed by atoms with van der Waals surface area (Å²) in [6.45, 7) is 0.729. The zero-order chi connectivity index (χ0) is 17.5. The van der Waals surface area contributed by atoms with Crippen molar-refractivity contribution in [3.05, 3.63) is 35.4 Å². The second-order valence-electron chi connectivity index (χ2n) is 5.16. The average Bonchev–Trinajstić information content (AvgIpc) is 2.96. The highest BCUT2D eigenvalue weighted by Crippen LogP contribution is 2.16. The number of amides is 4. The number of thioether (sulfide) groups is 1. The van der Waals surface area contributed by atoms with E-state index in [4.69, 9.17) is 5.73 Å². The third kappa shape index (κ3) is 5.27. The van der Waals surface area contributed by atoms with Crippen LogP contribution in [0.3, 0.4) is 0 Å². The molecule has 1 aliphatic heterocycles. The predicted molar refractivity (Wildman–Crippen MR) is 89.2 cm³/mol. The number of primary amides is 1. The Bertz CT molecular complexity index is 647. The number of benzene rings is 1. The molecule has 1 saturated heterocycles. The zero-order valence-electron chi connectivity index (χ0n) is 12.9. The van der Waals surface area contributed by atoms with Gasteiger partial charge in [-0.25, -0.2) is 0 Å². The number of hydrogen-bond acceptors (Lipinski definition) is 5. The summed E-state index contributed by atoms with van der Waals surface area (Å²) in [5.41, 5.74) is 6.17. The lowest BCUT2D eigenvalue weighted by Crippen LogP contribution is -2.37. The van der Waals surface area contributed by atoms with Gasteiger partial charge in [0.25, 0.3) is 11.1 Å². The van der Waals surface area contributed by atoms with Crippen LogP contribution in [0.5, 0.6) is 0 Å². The number of hydrogen-bond donors (Lipinski definition) is 3. The van der Waals surface area contributed by atoms with Gasteiger partial charge in [0.15, 0.2) is 0 Å². The summed E-state index contributed by atoms with van der Waals surface area (Å²) in [6.07, 6.45) is 0. The lowest BCUT2D eigenvalue weighted by Gasteiger charge is -2.14. The van der Waals surface area contributed by atoms with E-state index < -0.39 is 11.8 Å². The minimum Gasteiger partial charge on any atom is -0.368 e. The summed E-state index contributed by atoms with van der Waals surface area (Å²) in [6, 6.07) is 6.60. The van der Waals surface area contributed by atoms with E-state index in [0.717, 1.165) is 5.56 Å². The van der Waals surface area contributed by atoms with E-state index in [1.165, 1.54) is 16.7 Å². The number of carbonyl (C=O) groups excluding carboxylic acids is 4. The van der Waals surface area contributed by atoms with Crippen molar-refractivity contribution in [2.24, 2.45) is 5.73 Å². The highest BCUT2D eigenvalue weighted by molar-refractivity contribution is 8.13. The first kappa shape index (κ1) is 17.8. The van der Waals surface area contributed by atoms with Gasteiger partial charge in [-0.15, -0.1) is 0 Å². The highest BCUT2D eigenvalue weighted by atomic mass is 32.2. The first-order chi connectivity index (χ1) is 11.5. The van der Waals surface area contributed by atoms with Gasteiger partial charge in [-0.3, -0.25) is 19.2 Å². The molecular formula is C15H18N4O4S. The van der Waals surface area contributed by atoms with Crippen molar-refractivity contribution in [3.63, 3.8) is 0 Å². The summed E-state index contributed by atoms with van der Waals surface area (Å²) >= 11 is 1.21. The van der Waals surface area contributed by atoms with E-state index in [-0.39, 0.29) is 24.2 Å². The van der Waals surface area contributed by atoms with Gasteiger partial charge in [-0.05, 0) is 17.7 Å². The van der Waals surface area contributed by atoms with E-state index in [9.17, 15) is 19.2 Å². The van der Waals surface area contributed by atoms with E-state index in [1.54, 1.807) is 24.3 Å². The Morgan fingerprint density at radius 1 is 1.17 bits per heavy atom. The molecule has 0 unspecified atom stereocenters. The standard InChI is InChI=1S/C15H18N4O4S/c16-12(20)8-18-14(22)11-3-1-10(2-4-11)7-17-13(21)9-19-5-6-24-15(19)23/h1-4H,5-9H2,(H2,16,20)(H,17,21)(H,18,22).